The second-order valence-corrected chi connectivity index (χ2v) is 5.00. The minimum atomic E-state index is -0.613. The van der Waals surface area contributed by atoms with E-state index in [4.69, 9.17) is 18.0 Å². The maximum absolute atomic E-state index is 12.0. The average Bonchev–Trinajstić information content (AvgIpc) is 2.85. The molecule has 2 heterocycles. The van der Waals surface area contributed by atoms with E-state index >= 15 is 0 Å². The number of hydrogen-bond acceptors (Lipinski definition) is 5. The molecule has 0 aromatic carbocycles. The van der Waals surface area contributed by atoms with Crippen molar-refractivity contribution in [2.75, 3.05) is 20.1 Å². The summed E-state index contributed by atoms with van der Waals surface area (Å²) in [7, 11) is 2.03. The second-order valence-electron chi connectivity index (χ2n) is 4.56. The van der Waals surface area contributed by atoms with E-state index in [0.717, 1.165) is 13.1 Å². The second kappa shape index (κ2) is 4.99. The zero-order valence-electron chi connectivity index (χ0n) is 10.1. The van der Waals surface area contributed by atoms with Crippen LogP contribution in [0.5, 0.6) is 0 Å². The van der Waals surface area contributed by atoms with E-state index in [1.807, 2.05) is 7.05 Å². The Morgan fingerprint density at radius 2 is 2.28 bits per heavy atom. The molecule has 7 nitrogen and oxygen atoms in total. The van der Waals surface area contributed by atoms with Gasteiger partial charge in [-0.25, -0.2) is 0 Å². The number of carbonyl (C=O) groups is 1. The first-order valence-corrected chi connectivity index (χ1v) is 6.11. The summed E-state index contributed by atoms with van der Waals surface area (Å²) in [6.45, 7) is 1.69. The summed E-state index contributed by atoms with van der Waals surface area (Å²) in [6.07, 6.45) is 2.79. The van der Waals surface area contributed by atoms with Crippen LogP contribution in [0, 0.1) is 0 Å². The fourth-order valence-electron chi connectivity index (χ4n) is 2.03. The largest absolute Gasteiger partial charge is 0.391 e. The number of piperidine rings is 1. The van der Waals surface area contributed by atoms with Crippen LogP contribution in [0.3, 0.4) is 0 Å². The number of aromatic amines is 1. The Kier molecular flexibility index (Phi) is 3.58. The van der Waals surface area contributed by atoms with Crippen LogP contribution >= 0.6 is 12.2 Å². The van der Waals surface area contributed by atoms with Crippen molar-refractivity contribution < 1.29 is 4.79 Å². The highest BCUT2D eigenvalue weighted by atomic mass is 32.1. The Morgan fingerprint density at radius 3 is 2.78 bits per heavy atom. The van der Waals surface area contributed by atoms with E-state index in [2.05, 4.69) is 25.6 Å². The zero-order valence-corrected chi connectivity index (χ0v) is 11.0. The van der Waals surface area contributed by atoms with Crippen molar-refractivity contribution in [1.82, 2.24) is 25.6 Å². The molecule has 1 aromatic heterocycles. The number of hydrogen-bond donors (Lipinski definition) is 3. The van der Waals surface area contributed by atoms with E-state index < -0.39 is 5.54 Å². The number of carbonyl (C=O) groups excluding carboxylic acids is 1. The van der Waals surface area contributed by atoms with Gasteiger partial charge in [0.05, 0.1) is 16.7 Å². The van der Waals surface area contributed by atoms with Crippen molar-refractivity contribution in [2.24, 2.45) is 5.73 Å². The van der Waals surface area contributed by atoms with Gasteiger partial charge in [0, 0.05) is 13.1 Å². The number of rotatable bonds is 3. The van der Waals surface area contributed by atoms with Gasteiger partial charge in [0.15, 0.2) is 5.69 Å². The highest BCUT2D eigenvalue weighted by Crippen LogP contribution is 2.22. The third kappa shape index (κ3) is 2.49. The van der Waals surface area contributed by atoms with Gasteiger partial charge in [0.2, 0.25) is 0 Å². The van der Waals surface area contributed by atoms with Crippen molar-refractivity contribution in [3.63, 3.8) is 0 Å². The van der Waals surface area contributed by atoms with Gasteiger partial charge in [-0.1, -0.05) is 12.2 Å². The van der Waals surface area contributed by atoms with E-state index in [-0.39, 0.29) is 11.6 Å². The van der Waals surface area contributed by atoms with E-state index in [9.17, 15) is 4.79 Å². The summed E-state index contributed by atoms with van der Waals surface area (Å²) < 4.78 is 0. The fourth-order valence-corrected chi connectivity index (χ4v) is 2.28. The summed E-state index contributed by atoms with van der Waals surface area (Å²) in [5.74, 6) is -0.305. The van der Waals surface area contributed by atoms with E-state index in [0.29, 0.717) is 17.8 Å². The highest BCUT2D eigenvalue weighted by molar-refractivity contribution is 7.80. The number of nitrogens with one attached hydrogen (secondary N) is 2. The van der Waals surface area contributed by atoms with Crippen molar-refractivity contribution in [2.45, 2.75) is 18.4 Å². The van der Waals surface area contributed by atoms with Crippen LogP contribution in [0.1, 0.15) is 23.3 Å². The number of H-pyrrole nitrogens is 1. The third-order valence-corrected chi connectivity index (χ3v) is 3.70. The van der Waals surface area contributed by atoms with Gasteiger partial charge < -0.3 is 16.0 Å². The molecule has 0 unspecified atom stereocenters. The fraction of sp³-hybridized carbons (Fsp3) is 0.600. The number of nitrogens with zero attached hydrogens (tertiary/aromatic N) is 3. The van der Waals surface area contributed by atoms with Gasteiger partial charge in [-0.2, -0.15) is 15.4 Å². The molecule has 0 atom stereocenters. The molecular formula is C10H16N6OS. The molecule has 0 radical (unpaired) electrons. The van der Waals surface area contributed by atoms with E-state index in [1.165, 1.54) is 6.20 Å². The lowest BCUT2D eigenvalue weighted by molar-refractivity contribution is 0.0885. The number of amides is 1. The SMILES string of the molecule is CN1CCC(NC(=O)c2cn[nH]n2)(C(N)=S)CC1. The molecule has 0 aliphatic carbocycles. The standard InChI is InChI=1S/C10H16N6OS/c1-16-4-2-10(3-5-16,9(11)18)13-8(17)7-6-12-15-14-7/h6H,2-5H2,1H3,(H2,11,18)(H,13,17)(H,12,14,15). The van der Waals surface area contributed by atoms with Crippen molar-refractivity contribution in [3.8, 4) is 0 Å². The number of thiocarbonyl (C=S) groups is 1. The van der Waals surface area contributed by atoms with Gasteiger partial charge in [0.1, 0.15) is 0 Å². The molecule has 0 bridgehead atoms. The molecular weight excluding hydrogens is 252 g/mol. The first-order chi connectivity index (χ1) is 8.53. The third-order valence-electron chi connectivity index (χ3n) is 3.31. The Labute approximate surface area is 110 Å². The van der Waals surface area contributed by atoms with Crippen LogP contribution in [0.15, 0.2) is 6.20 Å². The van der Waals surface area contributed by atoms with Gasteiger partial charge in [0.25, 0.3) is 5.91 Å². The molecule has 98 valence electrons. The summed E-state index contributed by atoms with van der Waals surface area (Å²) in [5.41, 5.74) is 5.43. The monoisotopic (exact) mass is 268 g/mol. The predicted octanol–water partition coefficient (Wildman–Crippen LogP) is -0.715. The molecule has 1 saturated heterocycles. The molecule has 2 rings (SSSR count). The Balaban J connectivity index is 2.12. The summed E-state index contributed by atoms with van der Waals surface area (Å²) in [4.78, 5) is 14.5. The molecule has 0 saturated carbocycles. The molecule has 1 aromatic rings. The number of nitrogens with two attached hydrogens (primary N) is 1. The van der Waals surface area contributed by atoms with Crippen LogP contribution < -0.4 is 11.1 Å². The summed E-state index contributed by atoms with van der Waals surface area (Å²) in [6, 6.07) is 0. The number of aromatic nitrogens is 3. The van der Waals surface area contributed by atoms with Crippen LogP contribution in [-0.2, 0) is 0 Å². The molecule has 0 spiro atoms. The molecule has 1 amide bonds. The molecule has 1 aliphatic heterocycles. The van der Waals surface area contributed by atoms with E-state index in [1.54, 1.807) is 0 Å². The normalized spacial score (nSPS) is 19.4. The van der Waals surface area contributed by atoms with Crippen molar-refractivity contribution in [1.29, 1.82) is 0 Å². The quantitative estimate of drug-likeness (QED) is 0.626. The Morgan fingerprint density at radius 1 is 1.61 bits per heavy atom. The summed E-state index contributed by atoms with van der Waals surface area (Å²) >= 11 is 5.11. The van der Waals surface area contributed by atoms with Crippen molar-refractivity contribution >= 4 is 23.1 Å². The average molecular weight is 268 g/mol. The topological polar surface area (TPSA) is 99.9 Å². The molecule has 8 heteroatoms. The maximum atomic E-state index is 12.0. The van der Waals surface area contributed by atoms with Crippen LogP contribution in [0.25, 0.3) is 0 Å². The highest BCUT2D eigenvalue weighted by Gasteiger charge is 2.38. The predicted molar refractivity (Wildman–Crippen MR) is 70.1 cm³/mol. The van der Waals surface area contributed by atoms with Crippen LogP contribution in [0.2, 0.25) is 0 Å². The Hall–Kier alpha value is -1.54. The lowest BCUT2D eigenvalue weighted by Gasteiger charge is -2.40. The lowest BCUT2D eigenvalue weighted by Crippen LogP contribution is -2.61. The van der Waals surface area contributed by atoms with Gasteiger partial charge in [-0.15, -0.1) is 0 Å². The molecule has 4 N–H and O–H groups in total. The van der Waals surface area contributed by atoms with Gasteiger partial charge >= 0.3 is 0 Å². The minimum absolute atomic E-state index is 0.240. The summed E-state index contributed by atoms with van der Waals surface area (Å²) in [5, 5.41) is 12.7. The van der Waals surface area contributed by atoms with Gasteiger partial charge in [-0.3, -0.25) is 4.79 Å². The molecule has 1 aliphatic rings. The maximum Gasteiger partial charge on any atom is 0.274 e. The smallest absolute Gasteiger partial charge is 0.274 e. The molecule has 1 fully saturated rings. The van der Waals surface area contributed by atoms with Gasteiger partial charge in [-0.05, 0) is 19.9 Å². The van der Waals surface area contributed by atoms with Crippen LogP contribution in [0.4, 0.5) is 0 Å². The number of likely N-dealkylation sites (tertiary alicyclic amines) is 1. The molecule has 18 heavy (non-hydrogen) atoms. The van der Waals surface area contributed by atoms with Crippen LogP contribution in [-0.4, -0.2) is 56.9 Å². The minimum Gasteiger partial charge on any atom is -0.391 e. The van der Waals surface area contributed by atoms with Crippen molar-refractivity contribution in [3.05, 3.63) is 11.9 Å². The zero-order chi connectivity index (χ0) is 13.2. The first-order valence-electron chi connectivity index (χ1n) is 5.70. The lowest BCUT2D eigenvalue weighted by atomic mass is 9.87. The first kappa shape index (κ1) is 12.9. The Bertz CT molecular complexity index is 437.